The van der Waals surface area contributed by atoms with Gasteiger partial charge in [-0.15, -0.1) is 0 Å². The highest BCUT2D eigenvalue weighted by Crippen LogP contribution is 2.42. The maximum atomic E-state index is 12.4. The van der Waals surface area contributed by atoms with Crippen LogP contribution < -0.4 is 9.47 Å². The van der Waals surface area contributed by atoms with E-state index in [2.05, 4.69) is 4.99 Å². The van der Waals surface area contributed by atoms with E-state index in [1.165, 1.54) is 0 Å². The van der Waals surface area contributed by atoms with Gasteiger partial charge in [-0.05, 0) is 43.9 Å². The van der Waals surface area contributed by atoms with Crippen molar-refractivity contribution in [1.82, 2.24) is 0 Å². The van der Waals surface area contributed by atoms with Gasteiger partial charge in [0.2, 0.25) is 6.79 Å². The first-order valence-corrected chi connectivity index (χ1v) is 7.42. The Morgan fingerprint density at radius 3 is 2.95 bits per heavy atom. The van der Waals surface area contributed by atoms with Crippen molar-refractivity contribution in [2.75, 3.05) is 6.79 Å². The van der Waals surface area contributed by atoms with Crippen LogP contribution in [0.4, 0.5) is 0 Å². The Kier molecular flexibility index (Phi) is 2.84. The van der Waals surface area contributed by atoms with Gasteiger partial charge in [0.1, 0.15) is 0 Å². The summed E-state index contributed by atoms with van der Waals surface area (Å²) in [5.41, 5.74) is 4.14. The highest BCUT2D eigenvalue weighted by atomic mass is 16.7. The molecule has 21 heavy (non-hydrogen) atoms. The van der Waals surface area contributed by atoms with E-state index in [0.29, 0.717) is 6.42 Å². The Balaban J connectivity index is 1.79. The molecule has 0 saturated heterocycles. The van der Waals surface area contributed by atoms with E-state index in [-0.39, 0.29) is 18.5 Å². The zero-order valence-electron chi connectivity index (χ0n) is 12.0. The summed E-state index contributed by atoms with van der Waals surface area (Å²) >= 11 is 0. The van der Waals surface area contributed by atoms with Crippen LogP contribution in [0.15, 0.2) is 34.5 Å². The van der Waals surface area contributed by atoms with E-state index < -0.39 is 0 Å². The second-order valence-corrected chi connectivity index (χ2v) is 5.85. The van der Waals surface area contributed by atoms with Gasteiger partial charge in [-0.3, -0.25) is 9.79 Å². The molecule has 4 rings (SSSR count). The van der Waals surface area contributed by atoms with E-state index in [4.69, 9.17) is 9.47 Å². The molecular formula is C17H17NO3. The molecule has 2 aliphatic heterocycles. The first-order valence-electron chi connectivity index (χ1n) is 7.42. The minimum absolute atomic E-state index is 0.111. The predicted octanol–water partition coefficient (Wildman–Crippen LogP) is 3.37. The molecule has 1 aliphatic carbocycles. The minimum atomic E-state index is 0.111. The number of carbonyl (C=O) groups is 1. The summed E-state index contributed by atoms with van der Waals surface area (Å²) in [6.45, 7) is 2.32. The SMILES string of the molecule is CC1=NC2=C(C(=O)CCC2)C(c2ccc3c(c2)OCO3)C1. The third kappa shape index (κ3) is 2.06. The van der Waals surface area contributed by atoms with Crippen molar-refractivity contribution in [1.29, 1.82) is 0 Å². The fraction of sp³-hybridized carbons (Fsp3) is 0.412. The largest absolute Gasteiger partial charge is 0.454 e. The van der Waals surface area contributed by atoms with Gasteiger partial charge >= 0.3 is 0 Å². The molecule has 1 aromatic rings. The number of aliphatic imine (C=N–C) groups is 1. The van der Waals surface area contributed by atoms with Crippen LogP contribution in [-0.2, 0) is 4.79 Å². The summed E-state index contributed by atoms with van der Waals surface area (Å²) in [5, 5.41) is 0. The van der Waals surface area contributed by atoms with Crippen molar-refractivity contribution in [3.8, 4) is 11.5 Å². The van der Waals surface area contributed by atoms with E-state index in [0.717, 1.165) is 53.3 Å². The number of hydrogen-bond donors (Lipinski definition) is 0. The van der Waals surface area contributed by atoms with Crippen molar-refractivity contribution in [2.24, 2.45) is 4.99 Å². The highest BCUT2D eigenvalue weighted by molar-refractivity contribution is 6.01. The molecule has 4 nitrogen and oxygen atoms in total. The lowest BCUT2D eigenvalue weighted by molar-refractivity contribution is -0.116. The van der Waals surface area contributed by atoms with Gasteiger partial charge in [0, 0.05) is 29.3 Å². The number of benzene rings is 1. The van der Waals surface area contributed by atoms with Crippen LogP contribution in [-0.4, -0.2) is 18.3 Å². The Labute approximate surface area is 123 Å². The van der Waals surface area contributed by atoms with Crippen LogP contribution in [0.1, 0.15) is 44.1 Å². The zero-order chi connectivity index (χ0) is 14.4. The standard InChI is InChI=1S/C17H17NO3/c1-10-7-12(17-13(18-10)3-2-4-14(17)19)11-5-6-15-16(8-11)21-9-20-15/h5-6,8,12H,2-4,7,9H2,1H3. The first kappa shape index (κ1) is 12.6. The monoisotopic (exact) mass is 283 g/mol. The van der Waals surface area contributed by atoms with Crippen LogP contribution in [0.5, 0.6) is 11.5 Å². The van der Waals surface area contributed by atoms with E-state index in [1.807, 2.05) is 25.1 Å². The van der Waals surface area contributed by atoms with Gasteiger partial charge in [0.25, 0.3) is 0 Å². The molecular weight excluding hydrogens is 266 g/mol. The molecule has 0 bridgehead atoms. The van der Waals surface area contributed by atoms with Gasteiger partial charge in [-0.1, -0.05) is 6.07 Å². The number of allylic oxidation sites excluding steroid dienone is 2. The fourth-order valence-electron chi connectivity index (χ4n) is 3.45. The van der Waals surface area contributed by atoms with Crippen LogP contribution in [0.2, 0.25) is 0 Å². The van der Waals surface area contributed by atoms with Gasteiger partial charge in [0.05, 0.1) is 0 Å². The van der Waals surface area contributed by atoms with Gasteiger partial charge in [-0.2, -0.15) is 0 Å². The molecule has 0 N–H and O–H groups in total. The minimum Gasteiger partial charge on any atom is -0.454 e. The molecule has 1 atom stereocenters. The third-order valence-electron chi connectivity index (χ3n) is 4.40. The lowest BCUT2D eigenvalue weighted by Crippen LogP contribution is -2.23. The summed E-state index contributed by atoms with van der Waals surface area (Å²) in [6.07, 6.45) is 3.29. The average Bonchev–Trinajstić information content (AvgIpc) is 2.93. The second kappa shape index (κ2) is 4.72. The number of ketones is 1. The van der Waals surface area contributed by atoms with Gasteiger partial charge < -0.3 is 9.47 Å². The molecule has 0 saturated carbocycles. The van der Waals surface area contributed by atoms with Crippen LogP contribution in [0, 0.1) is 0 Å². The summed E-state index contributed by atoms with van der Waals surface area (Å²) < 4.78 is 10.8. The second-order valence-electron chi connectivity index (χ2n) is 5.85. The van der Waals surface area contributed by atoms with Crippen LogP contribution >= 0.6 is 0 Å². The lowest BCUT2D eigenvalue weighted by Gasteiger charge is -2.29. The molecule has 1 unspecified atom stereocenters. The molecule has 0 radical (unpaired) electrons. The van der Waals surface area contributed by atoms with Crippen molar-refractivity contribution in [3.05, 3.63) is 35.0 Å². The Morgan fingerprint density at radius 1 is 1.19 bits per heavy atom. The number of fused-ring (bicyclic) bond motifs is 1. The number of Topliss-reactive ketones (excluding diaryl/α,β-unsaturated/α-hetero) is 1. The molecule has 108 valence electrons. The molecule has 3 aliphatic rings. The Hall–Kier alpha value is -2.10. The molecule has 1 aromatic carbocycles. The van der Waals surface area contributed by atoms with Gasteiger partial charge in [0.15, 0.2) is 17.3 Å². The summed E-state index contributed by atoms with van der Waals surface area (Å²) in [6, 6.07) is 5.99. The van der Waals surface area contributed by atoms with E-state index in [1.54, 1.807) is 0 Å². The number of nitrogens with zero attached hydrogens (tertiary/aromatic N) is 1. The van der Waals surface area contributed by atoms with Gasteiger partial charge in [-0.25, -0.2) is 0 Å². The summed E-state index contributed by atoms with van der Waals surface area (Å²) in [7, 11) is 0. The quantitative estimate of drug-likeness (QED) is 0.794. The van der Waals surface area contributed by atoms with Crippen molar-refractivity contribution >= 4 is 11.5 Å². The molecule has 0 spiro atoms. The molecule has 4 heteroatoms. The van der Waals surface area contributed by atoms with Crippen molar-refractivity contribution in [2.45, 2.75) is 38.5 Å². The van der Waals surface area contributed by atoms with Crippen molar-refractivity contribution in [3.63, 3.8) is 0 Å². The predicted molar refractivity (Wildman–Crippen MR) is 78.9 cm³/mol. The Bertz CT molecular complexity index is 687. The highest BCUT2D eigenvalue weighted by Gasteiger charge is 2.32. The van der Waals surface area contributed by atoms with Crippen molar-refractivity contribution < 1.29 is 14.3 Å². The topological polar surface area (TPSA) is 47.9 Å². The van der Waals surface area contributed by atoms with Crippen LogP contribution in [0.25, 0.3) is 0 Å². The first-order chi connectivity index (χ1) is 10.2. The van der Waals surface area contributed by atoms with E-state index >= 15 is 0 Å². The van der Waals surface area contributed by atoms with E-state index in [9.17, 15) is 4.79 Å². The fourth-order valence-corrected chi connectivity index (χ4v) is 3.45. The molecule has 0 aromatic heterocycles. The third-order valence-corrected chi connectivity index (χ3v) is 4.40. The molecule has 0 amide bonds. The van der Waals surface area contributed by atoms with Crippen LogP contribution in [0.3, 0.4) is 0 Å². The number of hydrogen-bond acceptors (Lipinski definition) is 4. The summed E-state index contributed by atoms with van der Waals surface area (Å²) in [4.78, 5) is 17.0. The lowest BCUT2D eigenvalue weighted by atomic mass is 9.78. The number of carbonyl (C=O) groups excluding carboxylic acids is 1. The molecule has 2 heterocycles. The number of rotatable bonds is 1. The number of ether oxygens (including phenoxy) is 2. The zero-order valence-corrected chi connectivity index (χ0v) is 12.0. The summed E-state index contributed by atoms with van der Waals surface area (Å²) in [5.74, 6) is 1.93. The smallest absolute Gasteiger partial charge is 0.231 e. The normalized spacial score (nSPS) is 24.0. The molecule has 0 fully saturated rings. The average molecular weight is 283 g/mol. The maximum absolute atomic E-state index is 12.4. The maximum Gasteiger partial charge on any atom is 0.231 e. The Morgan fingerprint density at radius 2 is 2.05 bits per heavy atom.